The second-order valence-corrected chi connectivity index (χ2v) is 6.57. The second kappa shape index (κ2) is 9.32. The van der Waals surface area contributed by atoms with Gasteiger partial charge in [-0.15, -0.1) is 5.10 Å². The van der Waals surface area contributed by atoms with Crippen molar-refractivity contribution in [1.29, 1.82) is 0 Å². The molecule has 0 saturated carbocycles. The molecular weight excluding hydrogens is 346 g/mol. The minimum atomic E-state index is -0.0786. The lowest BCUT2D eigenvalue weighted by Crippen LogP contribution is -2.34. The Balaban J connectivity index is 1.49. The molecule has 0 bridgehead atoms. The number of aliphatic hydroxyl groups excluding tert-OH is 1. The molecule has 1 saturated heterocycles. The number of hydrogen-bond acceptors (Lipinski definition) is 6. The minimum absolute atomic E-state index is 0.0138. The Morgan fingerprint density at radius 2 is 2.11 bits per heavy atom. The number of hydrogen-bond donors (Lipinski definition) is 1. The van der Waals surface area contributed by atoms with Crippen LogP contribution >= 0.6 is 0 Å². The maximum absolute atomic E-state index is 12.4. The van der Waals surface area contributed by atoms with E-state index in [0.717, 1.165) is 30.4 Å². The Hall–Kier alpha value is -2.67. The van der Waals surface area contributed by atoms with E-state index in [9.17, 15) is 4.79 Å². The van der Waals surface area contributed by atoms with Gasteiger partial charge in [0.1, 0.15) is 11.9 Å². The van der Waals surface area contributed by atoms with Gasteiger partial charge in [-0.2, -0.15) is 5.10 Å². The third-order valence-electron chi connectivity index (χ3n) is 4.53. The number of aliphatic hydroxyl groups is 1. The first-order valence-electron chi connectivity index (χ1n) is 9.27. The van der Waals surface area contributed by atoms with Crippen LogP contribution in [0.25, 0.3) is 0 Å². The molecule has 1 unspecified atom stereocenters. The topological polar surface area (TPSA) is 84.8 Å². The molecule has 2 heterocycles. The molecule has 1 aromatic heterocycles. The second-order valence-electron chi connectivity index (χ2n) is 6.57. The monoisotopic (exact) mass is 371 g/mol. The largest absolute Gasteiger partial charge is 0.484 e. The minimum Gasteiger partial charge on any atom is -0.484 e. The molecular formula is C20H25N3O4. The molecule has 3 rings (SSSR count). The Bertz CT molecular complexity index is 751. The molecule has 7 nitrogen and oxygen atoms in total. The molecule has 1 N–H and O–H groups in total. The van der Waals surface area contributed by atoms with Gasteiger partial charge in [-0.3, -0.25) is 4.79 Å². The van der Waals surface area contributed by atoms with Gasteiger partial charge < -0.3 is 19.5 Å². The van der Waals surface area contributed by atoms with Gasteiger partial charge in [-0.05, 0) is 30.2 Å². The van der Waals surface area contributed by atoms with Crippen LogP contribution in [0.15, 0.2) is 36.5 Å². The molecule has 1 aliphatic rings. The van der Waals surface area contributed by atoms with Gasteiger partial charge in [0.2, 0.25) is 5.88 Å². The number of aryl methyl sites for hydroxylation is 1. The van der Waals surface area contributed by atoms with Crippen molar-refractivity contribution in [2.24, 2.45) is 0 Å². The van der Waals surface area contributed by atoms with Gasteiger partial charge in [0.25, 0.3) is 5.91 Å². The number of carbonyl (C=O) groups excluding carboxylic acids is 1. The average Bonchev–Trinajstić information content (AvgIpc) is 3.17. The van der Waals surface area contributed by atoms with Crippen molar-refractivity contribution in [2.75, 3.05) is 19.7 Å². The van der Waals surface area contributed by atoms with Gasteiger partial charge in [-0.25, -0.2) is 0 Å². The summed E-state index contributed by atoms with van der Waals surface area (Å²) in [5.41, 5.74) is 1.85. The number of rotatable bonds is 8. The summed E-state index contributed by atoms with van der Waals surface area (Å²) in [6, 6.07) is 8.97. The van der Waals surface area contributed by atoms with Gasteiger partial charge in [-0.1, -0.05) is 25.5 Å². The molecule has 0 spiro atoms. The van der Waals surface area contributed by atoms with Crippen LogP contribution < -0.4 is 9.47 Å². The zero-order valence-corrected chi connectivity index (χ0v) is 15.5. The fraction of sp³-hybridized carbons (Fsp3) is 0.450. The lowest BCUT2D eigenvalue weighted by molar-refractivity contribution is -0.132. The van der Waals surface area contributed by atoms with Crippen LogP contribution in [0, 0.1) is 0 Å². The van der Waals surface area contributed by atoms with Crippen molar-refractivity contribution >= 4 is 5.91 Å². The van der Waals surface area contributed by atoms with E-state index in [1.807, 2.05) is 6.07 Å². The molecule has 144 valence electrons. The molecule has 1 aromatic carbocycles. The number of aromatic nitrogens is 2. The number of benzene rings is 1. The molecule has 7 heteroatoms. The number of carbonyl (C=O) groups is 1. The molecule has 1 amide bonds. The van der Waals surface area contributed by atoms with Crippen molar-refractivity contribution in [1.82, 2.24) is 15.1 Å². The SMILES string of the molecule is CCCc1ccnnc1OC1CCN(C(=O)COc2ccc(CO)cc2)C1. The summed E-state index contributed by atoms with van der Waals surface area (Å²) in [5.74, 6) is 1.11. The summed E-state index contributed by atoms with van der Waals surface area (Å²) < 4.78 is 11.5. The van der Waals surface area contributed by atoms with Gasteiger partial charge in [0.15, 0.2) is 6.61 Å². The van der Waals surface area contributed by atoms with Crippen LogP contribution in [0.2, 0.25) is 0 Å². The Morgan fingerprint density at radius 1 is 1.30 bits per heavy atom. The standard InChI is InChI=1S/C20H25N3O4/c1-2-3-16-8-10-21-22-20(16)27-18-9-11-23(12-18)19(25)14-26-17-6-4-15(13-24)5-7-17/h4-8,10,18,24H,2-3,9,11-14H2,1H3. The van der Waals surface area contributed by atoms with E-state index in [1.165, 1.54) is 0 Å². The first-order valence-corrected chi connectivity index (χ1v) is 9.27. The normalized spacial score (nSPS) is 16.4. The highest BCUT2D eigenvalue weighted by molar-refractivity contribution is 5.78. The van der Waals surface area contributed by atoms with E-state index >= 15 is 0 Å². The highest BCUT2D eigenvalue weighted by Gasteiger charge is 2.28. The van der Waals surface area contributed by atoms with Crippen molar-refractivity contribution in [2.45, 2.75) is 38.9 Å². The smallest absolute Gasteiger partial charge is 0.260 e. The first kappa shape index (κ1) is 19.1. The summed E-state index contributed by atoms with van der Waals surface area (Å²) in [4.78, 5) is 14.1. The number of nitrogens with zero attached hydrogens (tertiary/aromatic N) is 3. The predicted molar refractivity (Wildman–Crippen MR) is 99.5 cm³/mol. The Labute approximate surface area is 158 Å². The maximum Gasteiger partial charge on any atom is 0.260 e. The number of amides is 1. The molecule has 0 radical (unpaired) electrons. The number of ether oxygens (including phenoxy) is 2. The predicted octanol–water partition coefficient (Wildman–Crippen LogP) is 1.98. The summed E-state index contributed by atoms with van der Waals surface area (Å²) in [6.07, 6.45) is 4.26. The van der Waals surface area contributed by atoms with E-state index in [1.54, 1.807) is 35.4 Å². The fourth-order valence-electron chi connectivity index (χ4n) is 3.04. The van der Waals surface area contributed by atoms with Crippen LogP contribution in [-0.2, 0) is 17.8 Å². The lowest BCUT2D eigenvalue weighted by atomic mass is 10.2. The van der Waals surface area contributed by atoms with Crippen molar-refractivity contribution in [3.63, 3.8) is 0 Å². The quantitative estimate of drug-likeness (QED) is 0.764. The first-order chi connectivity index (χ1) is 13.2. The average molecular weight is 371 g/mol. The third kappa shape index (κ3) is 5.17. The summed E-state index contributed by atoms with van der Waals surface area (Å²) in [6.45, 7) is 3.24. The third-order valence-corrected chi connectivity index (χ3v) is 4.53. The van der Waals surface area contributed by atoms with Gasteiger partial charge >= 0.3 is 0 Å². The van der Waals surface area contributed by atoms with Crippen molar-refractivity contribution in [3.05, 3.63) is 47.7 Å². The summed E-state index contributed by atoms with van der Waals surface area (Å²) >= 11 is 0. The zero-order chi connectivity index (χ0) is 19.1. The number of likely N-dealkylation sites (tertiary alicyclic amines) is 1. The molecule has 2 aromatic rings. The van der Waals surface area contributed by atoms with Crippen LogP contribution in [0.1, 0.15) is 30.9 Å². The van der Waals surface area contributed by atoms with Crippen molar-refractivity contribution < 1.29 is 19.4 Å². The van der Waals surface area contributed by atoms with Crippen LogP contribution in [0.4, 0.5) is 0 Å². The van der Waals surface area contributed by atoms with E-state index < -0.39 is 0 Å². The lowest BCUT2D eigenvalue weighted by Gasteiger charge is -2.18. The molecule has 1 atom stereocenters. The molecule has 1 fully saturated rings. The van der Waals surface area contributed by atoms with Gasteiger partial charge in [0.05, 0.1) is 19.3 Å². The van der Waals surface area contributed by atoms with E-state index in [4.69, 9.17) is 14.6 Å². The molecule has 0 aliphatic carbocycles. The highest BCUT2D eigenvalue weighted by Crippen LogP contribution is 2.21. The van der Waals surface area contributed by atoms with E-state index in [0.29, 0.717) is 24.7 Å². The fourth-order valence-corrected chi connectivity index (χ4v) is 3.04. The zero-order valence-electron chi connectivity index (χ0n) is 15.5. The van der Waals surface area contributed by atoms with E-state index in [2.05, 4.69) is 17.1 Å². The van der Waals surface area contributed by atoms with Crippen LogP contribution in [-0.4, -0.2) is 51.9 Å². The summed E-state index contributed by atoms with van der Waals surface area (Å²) in [5, 5.41) is 17.1. The van der Waals surface area contributed by atoms with Crippen LogP contribution in [0.5, 0.6) is 11.6 Å². The summed E-state index contributed by atoms with van der Waals surface area (Å²) in [7, 11) is 0. The molecule has 27 heavy (non-hydrogen) atoms. The Morgan fingerprint density at radius 3 is 2.85 bits per heavy atom. The maximum atomic E-state index is 12.4. The van der Waals surface area contributed by atoms with Gasteiger partial charge in [0, 0.05) is 18.5 Å². The van der Waals surface area contributed by atoms with E-state index in [-0.39, 0.29) is 25.2 Å². The van der Waals surface area contributed by atoms with Crippen LogP contribution in [0.3, 0.4) is 0 Å². The van der Waals surface area contributed by atoms with Crippen molar-refractivity contribution in [3.8, 4) is 11.6 Å². The molecule has 1 aliphatic heterocycles. The Kier molecular flexibility index (Phi) is 6.59. The highest BCUT2D eigenvalue weighted by atomic mass is 16.5.